The standard InChI is InChI=1S/C12H10F3NO3/c1-16-6-2-3-8-4-5-9(11(17)18)10(7-8)19-12(13,14)15/h4-5,7,16H,6H2,1H3,(H,17,18). The van der Waals surface area contributed by atoms with E-state index < -0.39 is 23.6 Å². The number of aromatic carboxylic acids is 1. The first-order valence-corrected chi connectivity index (χ1v) is 5.10. The van der Waals surface area contributed by atoms with Gasteiger partial charge in [0.2, 0.25) is 0 Å². The summed E-state index contributed by atoms with van der Waals surface area (Å²) in [5.41, 5.74) is -0.337. The van der Waals surface area contributed by atoms with Crippen molar-refractivity contribution in [3.63, 3.8) is 0 Å². The molecule has 1 rings (SSSR count). The summed E-state index contributed by atoms with van der Waals surface area (Å²) < 4.78 is 40.2. The summed E-state index contributed by atoms with van der Waals surface area (Å²) in [5.74, 6) is 2.94. The first kappa shape index (κ1) is 14.9. The van der Waals surface area contributed by atoms with Crippen molar-refractivity contribution in [1.82, 2.24) is 5.32 Å². The molecule has 1 aromatic carbocycles. The molecule has 0 bridgehead atoms. The number of carbonyl (C=O) groups is 1. The first-order valence-electron chi connectivity index (χ1n) is 5.10. The smallest absolute Gasteiger partial charge is 0.478 e. The number of hydrogen-bond acceptors (Lipinski definition) is 3. The molecule has 0 aromatic heterocycles. The van der Waals surface area contributed by atoms with Gasteiger partial charge in [-0.05, 0) is 25.2 Å². The van der Waals surface area contributed by atoms with Gasteiger partial charge in [0, 0.05) is 5.56 Å². The van der Waals surface area contributed by atoms with E-state index in [-0.39, 0.29) is 5.56 Å². The van der Waals surface area contributed by atoms with Gasteiger partial charge in [-0.2, -0.15) is 0 Å². The number of benzene rings is 1. The van der Waals surface area contributed by atoms with Crippen molar-refractivity contribution in [2.45, 2.75) is 6.36 Å². The Morgan fingerprint density at radius 3 is 2.68 bits per heavy atom. The van der Waals surface area contributed by atoms with Crippen molar-refractivity contribution in [2.75, 3.05) is 13.6 Å². The van der Waals surface area contributed by atoms with E-state index in [1.165, 1.54) is 6.07 Å². The fourth-order valence-electron chi connectivity index (χ4n) is 1.22. The van der Waals surface area contributed by atoms with Crippen molar-refractivity contribution in [2.24, 2.45) is 0 Å². The van der Waals surface area contributed by atoms with Crippen molar-refractivity contribution in [1.29, 1.82) is 0 Å². The number of alkyl halides is 3. The van der Waals surface area contributed by atoms with Crippen LogP contribution in [0.5, 0.6) is 5.75 Å². The Bertz CT molecular complexity index is 529. The average Bonchev–Trinajstić information content (AvgIpc) is 2.27. The summed E-state index contributed by atoms with van der Waals surface area (Å²) in [7, 11) is 1.67. The zero-order valence-electron chi connectivity index (χ0n) is 9.84. The van der Waals surface area contributed by atoms with Crippen molar-refractivity contribution >= 4 is 5.97 Å². The molecule has 0 saturated carbocycles. The zero-order valence-corrected chi connectivity index (χ0v) is 9.84. The van der Waals surface area contributed by atoms with Gasteiger partial charge in [0.05, 0.1) is 6.54 Å². The van der Waals surface area contributed by atoms with Gasteiger partial charge in [0.15, 0.2) is 0 Å². The molecule has 0 atom stereocenters. The van der Waals surface area contributed by atoms with E-state index >= 15 is 0 Å². The van der Waals surface area contributed by atoms with Crippen LogP contribution in [-0.2, 0) is 0 Å². The minimum atomic E-state index is -4.96. The lowest BCUT2D eigenvalue weighted by molar-refractivity contribution is -0.274. The third kappa shape index (κ3) is 4.89. The summed E-state index contributed by atoms with van der Waals surface area (Å²) in [6.07, 6.45) is -4.96. The molecule has 0 spiro atoms. The fourth-order valence-corrected chi connectivity index (χ4v) is 1.22. The molecule has 19 heavy (non-hydrogen) atoms. The zero-order chi connectivity index (χ0) is 14.5. The van der Waals surface area contributed by atoms with Crippen LogP contribution in [0, 0.1) is 11.8 Å². The molecule has 0 radical (unpaired) electrons. The SMILES string of the molecule is CNCC#Cc1ccc(C(=O)O)c(OC(F)(F)F)c1. The highest BCUT2D eigenvalue weighted by molar-refractivity contribution is 5.91. The third-order valence-electron chi connectivity index (χ3n) is 1.94. The van der Waals surface area contributed by atoms with Gasteiger partial charge in [0.25, 0.3) is 0 Å². The number of halogens is 3. The highest BCUT2D eigenvalue weighted by Crippen LogP contribution is 2.27. The molecular weight excluding hydrogens is 263 g/mol. The molecule has 0 fully saturated rings. The molecule has 2 N–H and O–H groups in total. The second kappa shape index (κ2) is 6.11. The van der Waals surface area contributed by atoms with E-state index in [0.717, 1.165) is 12.1 Å². The van der Waals surface area contributed by atoms with Crippen LogP contribution in [-0.4, -0.2) is 31.0 Å². The van der Waals surface area contributed by atoms with Gasteiger partial charge in [-0.1, -0.05) is 11.8 Å². The van der Waals surface area contributed by atoms with Crippen LogP contribution < -0.4 is 10.1 Å². The number of ether oxygens (including phenoxy) is 1. The quantitative estimate of drug-likeness (QED) is 0.825. The third-order valence-corrected chi connectivity index (χ3v) is 1.94. The molecule has 102 valence electrons. The number of carboxylic acids is 1. The summed E-state index contributed by atoms with van der Waals surface area (Å²) in [6.45, 7) is 0.357. The summed E-state index contributed by atoms with van der Waals surface area (Å²) in [4.78, 5) is 10.8. The van der Waals surface area contributed by atoms with Gasteiger partial charge >= 0.3 is 12.3 Å². The van der Waals surface area contributed by atoms with Crippen LogP contribution in [0.15, 0.2) is 18.2 Å². The van der Waals surface area contributed by atoms with Crippen molar-refractivity contribution in [3.8, 4) is 17.6 Å². The molecule has 4 nitrogen and oxygen atoms in total. The van der Waals surface area contributed by atoms with Crippen LogP contribution >= 0.6 is 0 Å². The van der Waals surface area contributed by atoms with Crippen molar-refractivity contribution in [3.05, 3.63) is 29.3 Å². The molecule has 1 aromatic rings. The maximum atomic E-state index is 12.2. The lowest BCUT2D eigenvalue weighted by atomic mass is 10.1. The van der Waals surface area contributed by atoms with Gasteiger partial charge in [-0.15, -0.1) is 13.2 Å². The summed E-state index contributed by atoms with van der Waals surface area (Å²) in [6, 6.07) is 3.28. The summed E-state index contributed by atoms with van der Waals surface area (Å²) >= 11 is 0. The Hall–Kier alpha value is -2.20. The van der Waals surface area contributed by atoms with Gasteiger partial charge < -0.3 is 15.2 Å². The van der Waals surface area contributed by atoms with E-state index in [2.05, 4.69) is 21.9 Å². The van der Waals surface area contributed by atoms with Gasteiger partial charge in [0.1, 0.15) is 11.3 Å². The molecule has 7 heteroatoms. The Morgan fingerprint density at radius 2 is 2.16 bits per heavy atom. The Kier molecular flexibility index (Phi) is 4.78. The van der Waals surface area contributed by atoms with E-state index in [9.17, 15) is 18.0 Å². The number of rotatable bonds is 3. The average molecular weight is 273 g/mol. The monoisotopic (exact) mass is 273 g/mol. The fraction of sp³-hybridized carbons (Fsp3) is 0.250. The van der Waals surface area contributed by atoms with Gasteiger partial charge in [-0.25, -0.2) is 4.79 Å². The maximum absolute atomic E-state index is 12.2. The Morgan fingerprint density at radius 1 is 1.47 bits per heavy atom. The van der Waals surface area contributed by atoms with E-state index in [1.807, 2.05) is 0 Å². The molecule has 0 aliphatic heterocycles. The first-order chi connectivity index (χ1) is 8.83. The Labute approximate surface area is 107 Å². The number of carboxylic acid groups (broad SMARTS) is 1. The van der Waals surface area contributed by atoms with E-state index in [0.29, 0.717) is 6.54 Å². The summed E-state index contributed by atoms with van der Waals surface area (Å²) in [5, 5.41) is 11.5. The highest BCUT2D eigenvalue weighted by atomic mass is 19.4. The van der Waals surface area contributed by atoms with Crippen LogP contribution in [0.25, 0.3) is 0 Å². The minimum absolute atomic E-state index is 0.236. The van der Waals surface area contributed by atoms with Crippen molar-refractivity contribution < 1.29 is 27.8 Å². The molecule has 0 heterocycles. The van der Waals surface area contributed by atoms with Crippen LogP contribution in [0.2, 0.25) is 0 Å². The molecule has 0 amide bonds. The number of hydrogen-bond donors (Lipinski definition) is 2. The minimum Gasteiger partial charge on any atom is -0.478 e. The second-order valence-corrected chi connectivity index (χ2v) is 3.40. The van der Waals surface area contributed by atoms with Crippen LogP contribution in [0.1, 0.15) is 15.9 Å². The predicted molar refractivity (Wildman–Crippen MR) is 60.9 cm³/mol. The van der Waals surface area contributed by atoms with Gasteiger partial charge in [-0.3, -0.25) is 0 Å². The largest absolute Gasteiger partial charge is 0.573 e. The normalized spacial score (nSPS) is 10.5. The Balaban J connectivity index is 3.12. The topological polar surface area (TPSA) is 58.6 Å². The van der Waals surface area contributed by atoms with E-state index in [1.54, 1.807) is 7.05 Å². The highest BCUT2D eigenvalue weighted by Gasteiger charge is 2.33. The lowest BCUT2D eigenvalue weighted by Gasteiger charge is -2.11. The molecule has 0 saturated heterocycles. The molecule has 0 aliphatic carbocycles. The number of nitrogens with one attached hydrogen (secondary N) is 1. The van der Waals surface area contributed by atoms with Crippen LogP contribution in [0.4, 0.5) is 13.2 Å². The predicted octanol–water partition coefficient (Wildman–Crippen LogP) is 1.85. The second-order valence-electron chi connectivity index (χ2n) is 3.40. The lowest BCUT2D eigenvalue weighted by Crippen LogP contribution is -2.19. The molecule has 0 unspecified atom stereocenters. The molecule has 0 aliphatic rings. The van der Waals surface area contributed by atoms with Crippen LogP contribution in [0.3, 0.4) is 0 Å². The molecular formula is C12H10F3NO3. The maximum Gasteiger partial charge on any atom is 0.573 e. The van der Waals surface area contributed by atoms with E-state index in [4.69, 9.17) is 5.11 Å².